The van der Waals surface area contributed by atoms with Crippen LogP contribution in [0.25, 0.3) is 0 Å². The summed E-state index contributed by atoms with van der Waals surface area (Å²) >= 11 is 18.4. The van der Waals surface area contributed by atoms with Gasteiger partial charge in [0.15, 0.2) is 0 Å². The molecule has 0 fully saturated rings. The van der Waals surface area contributed by atoms with Gasteiger partial charge in [-0.15, -0.1) is 0 Å². The smallest absolute Gasteiger partial charge is 0.412 e. The molecule has 1 radical (unpaired) electrons. The molecule has 2 N–H and O–H groups in total. The number of hydrogen-bond donors (Lipinski definition) is 2. The predicted octanol–water partition coefficient (Wildman–Crippen LogP) is -0.173. The summed E-state index contributed by atoms with van der Waals surface area (Å²) < 4.78 is 0.745. The summed E-state index contributed by atoms with van der Waals surface area (Å²) in [5.41, 5.74) is 0. The standard InChI is InChI=1S/C4H8N2S4.Cu/c7-3(8)5-1-2-6-4(9)10;/h1-2H2,(H2,5,7,8)(H2,6,9,10);/q;+2/p-2. The van der Waals surface area contributed by atoms with Gasteiger partial charge in [-0.2, -0.15) is 0 Å². The predicted molar refractivity (Wildman–Crippen MR) is 55.9 cm³/mol. The van der Waals surface area contributed by atoms with Gasteiger partial charge in [0.05, 0.1) is 0 Å². The third kappa shape index (κ3) is 13.7. The van der Waals surface area contributed by atoms with Gasteiger partial charge in [0.25, 0.3) is 0 Å². The largest absolute Gasteiger partial charge is 2.00 e. The molecule has 0 amide bonds. The van der Waals surface area contributed by atoms with Crippen molar-refractivity contribution in [1.82, 2.24) is 10.6 Å². The number of hydrogen-bond acceptors (Lipinski definition) is 4. The fourth-order valence-electron chi connectivity index (χ4n) is 0.329. The van der Waals surface area contributed by atoms with Crippen molar-refractivity contribution in [2.24, 2.45) is 0 Å². The second-order valence-electron chi connectivity index (χ2n) is 1.43. The van der Waals surface area contributed by atoms with Crippen LogP contribution in [0, 0.1) is 0 Å². The van der Waals surface area contributed by atoms with Crippen LogP contribution in [0.2, 0.25) is 0 Å². The molecule has 0 atom stereocenters. The molecule has 0 unspecified atom stereocenters. The molecule has 0 aliphatic carbocycles. The molecule has 0 aromatic heterocycles. The maximum Gasteiger partial charge on any atom is 2.00 e. The molecule has 0 saturated heterocycles. The van der Waals surface area contributed by atoms with E-state index in [4.69, 9.17) is 0 Å². The van der Waals surface area contributed by atoms with E-state index >= 15 is 0 Å². The van der Waals surface area contributed by atoms with E-state index in [2.05, 4.69) is 60.3 Å². The Bertz CT molecular complexity index is 124. The minimum atomic E-state index is 0. The summed E-state index contributed by atoms with van der Waals surface area (Å²) in [6.45, 7) is 1.33. The third-order valence-electron chi connectivity index (χ3n) is 0.664. The minimum Gasteiger partial charge on any atom is -0.412 e. The van der Waals surface area contributed by atoms with Crippen molar-refractivity contribution >= 4 is 58.3 Å². The van der Waals surface area contributed by atoms with Crippen LogP contribution in [0.1, 0.15) is 0 Å². The van der Waals surface area contributed by atoms with E-state index in [0.29, 0.717) is 21.7 Å². The van der Waals surface area contributed by atoms with Gasteiger partial charge in [0.1, 0.15) is 0 Å². The fourth-order valence-corrected chi connectivity index (χ4v) is 0.737. The maximum atomic E-state index is 4.59. The van der Waals surface area contributed by atoms with Crippen LogP contribution in [-0.4, -0.2) is 21.7 Å². The van der Waals surface area contributed by atoms with E-state index in [-0.39, 0.29) is 17.1 Å². The molecule has 7 heteroatoms. The monoisotopic (exact) mass is 273 g/mol. The van der Waals surface area contributed by atoms with Gasteiger partial charge in [-0.1, -0.05) is 8.64 Å². The van der Waals surface area contributed by atoms with Crippen LogP contribution in [-0.2, 0) is 42.3 Å². The van der Waals surface area contributed by atoms with Crippen molar-refractivity contribution in [2.45, 2.75) is 0 Å². The van der Waals surface area contributed by atoms with Gasteiger partial charge < -0.3 is 60.3 Å². The van der Waals surface area contributed by atoms with Gasteiger partial charge >= 0.3 is 17.1 Å². The summed E-state index contributed by atoms with van der Waals surface area (Å²) in [5, 5.41) is 5.56. The molecule has 0 bridgehead atoms. The van der Waals surface area contributed by atoms with Crippen molar-refractivity contribution in [3.63, 3.8) is 0 Å². The van der Waals surface area contributed by atoms with E-state index < -0.39 is 0 Å². The fraction of sp³-hybridized carbons (Fsp3) is 0.500. The molecule has 0 aromatic rings. The molecule has 0 aromatic carbocycles. The van der Waals surface area contributed by atoms with E-state index in [0.717, 1.165) is 0 Å². The molecular weight excluding hydrogens is 268 g/mol. The third-order valence-corrected chi connectivity index (χ3v) is 1.24. The Labute approximate surface area is 98.6 Å². The van der Waals surface area contributed by atoms with E-state index in [9.17, 15) is 0 Å². The molecule has 0 aliphatic heterocycles. The summed E-state index contributed by atoms with van der Waals surface area (Å²) in [5.74, 6) is 0. The summed E-state index contributed by atoms with van der Waals surface area (Å²) in [7, 11) is 0. The number of thiocarbonyl (C=S) groups is 2. The van der Waals surface area contributed by atoms with E-state index in [1.165, 1.54) is 0 Å². The second kappa shape index (κ2) is 8.83. The van der Waals surface area contributed by atoms with E-state index in [1.54, 1.807) is 0 Å². The first kappa shape index (κ1) is 14.3. The molecule has 0 spiro atoms. The molecule has 67 valence electrons. The van der Waals surface area contributed by atoms with E-state index in [1.807, 2.05) is 0 Å². The molecule has 0 heterocycles. The van der Waals surface area contributed by atoms with Crippen LogP contribution in [0.3, 0.4) is 0 Å². The van der Waals surface area contributed by atoms with Crippen molar-refractivity contribution in [2.75, 3.05) is 13.1 Å². The van der Waals surface area contributed by atoms with Crippen molar-refractivity contribution in [1.29, 1.82) is 0 Å². The zero-order valence-corrected chi connectivity index (χ0v) is 9.56. The van der Waals surface area contributed by atoms with Gasteiger partial charge in [-0.25, -0.2) is 0 Å². The van der Waals surface area contributed by atoms with Gasteiger partial charge in [0, 0.05) is 13.1 Å². The van der Waals surface area contributed by atoms with Gasteiger partial charge in [-0.05, 0) is 0 Å². The molecule has 0 saturated carbocycles. The molecule has 0 rings (SSSR count). The Kier molecular flexibility index (Phi) is 11.5. The van der Waals surface area contributed by atoms with Crippen LogP contribution >= 0.6 is 24.4 Å². The zero-order chi connectivity index (χ0) is 7.98. The Morgan fingerprint density at radius 2 is 1.27 bits per heavy atom. The van der Waals surface area contributed by atoms with Crippen molar-refractivity contribution in [3.05, 3.63) is 0 Å². The van der Waals surface area contributed by atoms with Crippen molar-refractivity contribution in [3.8, 4) is 0 Å². The van der Waals surface area contributed by atoms with Crippen molar-refractivity contribution < 1.29 is 17.1 Å². The second-order valence-corrected chi connectivity index (χ2v) is 3.58. The molecule has 0 aliphatic rings. The SMILES string of the molecule is S=C([S-])NCCNC(=S)[S-].[Cu+2]. The zero-order valence-electron chi connectivity index (χ0n) is 5.35. The van der Waals surface area contributed by atoms with Crippen LogP contribution in [0.5, 0.6) is 0 Å². The molecule has 11 heavy (non-hydrogen) atoms. The topological polar surface area (TPSA) is 24.1 Å². The number of rotatable bonds is 3. The van der Waals surface area contributed by atoms with Gasteiger partial charge in [0.2, 0.25) is 0 Å². The minimum absolute atomic E-state index is 0. The first-order valence-corrected chi connectivity index (χ1v) is 4.16. The number of nitrogens with one attached hydrogen (secondary N) is 2. The average Bonchev–Trinajstić information content (AvgIpc) is 1.79. The Balaban J connectivity index is 0. The molecule has 2 nitrogen and oxygen atoms in total. The summed E-state index contributed by atoms with van der Waals surface area (Å²) in [6, 6.07) is 0. The van der Waals surface area contributed by atoms with Gasteiger partial charge in [-0.3, -0.25) is 0 Å². The quantitative estimate of drug-likeness (QED) is 0.321. The molecular formula is C4H6CuN2S4. The van der Waals surface area contributed by atoms with Crippen LogP contribution in [0.15, 0.2) is 0 Å². The van der Waals surface area contributed by atoms with Crippen LogP contribution < -0.4 is 10.6 Å². The van der Waals surface area contributed by atoms with Crippen LogP contribution in [0.4, 0.5) is 0 Å². The Morgan fingerprint density at radius 1 is 1.00 bits per heavy atom. The summed E-state index contributed by atoms with van der Waals surface area (Å²) in [6.07, 6.45) is 0. The maximum absolute atomic E-state index is 4.59. The Hall–Kier alpha value is 0.739. The normalized spacial score (nSPS) is 7.64. The summed E-state index contributed by atoms with van der Waals surface area (Å²) in [4.78, 5) is 0. The average molecular weight is 274 g/mol. The first-order valence-electron chi connectivity index (χ1n) is 2.52. The first-order chi connectivity index (χ1) is 4.63. The Morgan fingerprint density at radius 3 is 1.45 bits per heavy atom.